The van der Waals surface area contributed by atoms with Crippen LogP contribution in [-0.4, -0.2) is 53.7 Å². The molecule has 1 aliphatic rings. The van der Waals surface area contributed by atoms with Crippen molar-refractivity contribution in [3.63, 3.8) is 0 Å². The van der Waals surface area contributed by atoms with E-state index in [1.54, 1.807) is 0 Å². The summed E-state index contributed by atoms with van der Waals surface area (Å²) in [7, 11) is -3.94. The first-order chi connectivity index (χ1) is 12.6. The molecule has 0 aromatic heterocycles. The zero-order valence-electron chi connectivity index (χ0n) is 15.7. The molecule has 14 heteroatoms. The van der Waals surface area contributed by atoms with Crippen molar-refractivity contribution in [1.29, 1.82) is 0 Å². The molecule has 0 saturated heterocycles. The maximum Gasteiger partial charge on any atom is 0.434 e. The molecule has 1 aliphatic heterocycles. The van der Waals surface area contributed by atoms with E-state index < -0.39 is 49.4 Å². The van der Waals surface area contributed by atoms with Gasteiger partial charge in [-0.3, -0.25) is 4.57 Å². The topological polar surface area (TPSA) is 92.2 Å². The first-order valence-corrected chi connectivity index (χ1v) is 9.99. The summed E-state index contributed by atoms with van der Waals surface area (Å²) in [5.41, 5.74) is -4.62. The van der Waals surface area contributed by atoms with E-state index in [0.29, 0.717) is 0 Å². The zero-order valence-corrected chi connectivity index (χ0v) is 16.6. The molecule has 28 heavy (non-hydrogen) atoms. The lowest BCUT2D eigenvalue weighted by molar-refractivity contribution is -0.321. The Kier molecular flexibility index (Phi) is 7.61. The number of aliphatic hydroxyl groups excluding tert-OH is 1. The summed E-state index contributed by atoms with van der Waals surface area (Å²) in [5.74, 6) is -0.829. The van der Waals surface area contributed by atoms with Crippen LogP contribution in [0.25, 0.3) is 0 Å². The third-order valence-corrected chi connectivity index (χ3v) is 7.37. The lowest BCUT2D eigenvalue weighted by Crippen LogP contribution is -2.78. The van der Waals surface area contributed by atoms with Crippen LogP contribution in [0.1, 0.15) is 40.5 Å². The number of aliphatic hydroxyl groups is 1. The predicted octanol–water partition coefficient (Wildman–Crippen LogP) is 3.50. The minimum absolute atomic E-state index is 0.0273. The number of hydrogen-bond donors (Lipinski definition) is 3. The monoisotopic (exact) mass is 443 g/mol. The highest BCUT2D eigenvalue weighted by molar-refractivity contribution is 7.55. The third kappa shape index (κ3) is 4.64. The number of rotatable bonds is 8. The fourth-order valence-corrected chi connectivity index (χ4v) is 4.79. The van der Waals surface area contributed by atoms with Gasteiger partial charge in [0.1, 0.15) is 5.84 Å². The maximum absolute atomic E-state index is 13.3. The van der Waals surface area contributed by atoms with Gasteiger partial charge in [-0.25, -0.2) is 10.3 Å². The molecule has 2 atom stereocenters. The van der Waals surface area contributed by atoms with Crippen LogP contribution in [-0.2, 0) is 13.6 Å². The van der Waals surface area contributed by atoms with Crippen LogP contribution in [0, 0.1) is 0 Å². The van der Waals surface area contributed by atoms with E-state index in [4.69, 9.17) is 9.05 Å². The van der Waals surface area contributed by atoms with Gasteiger partial charge >= 0.3 is 19.9 Å². The average molecular weight is 443 g/mol. The van der Waals surface area contributed by atoms with Gasteiger partial charge in [0.15, 0.2) is 0 Å². The van der Waals surface area contributed by atoms with Crippen LogP contribution in [0.5, 0.6) is 0 Å². The summed E-state index contributed by atoms with van der Waals surface area (Å²) in [6.07, 6.45) is -14.8. The van der Waals surface area contributed by atoms with Crippen molar-refractivity contribution < 1.29 is 45.1 Å². The minimum Gasteiger partial charge on any atom is -0.359 e. The second-order valence-electron chi connectivity index (χ2n) is 6.32. The second kappa shape index (κ2) is 8.47. The highest BCUT2D eigenvalue weighted by Crippen LogP contribution is 2.63. The van der Waals surface area contributed by atoms with Crippen LogP contribution in [0.4, 0.5) is 26.3 Å². The summed E-state index contributed by atoms with van der Waals surface area (Å²) >= 11 is 0. The van der Waals surface area contributed by atoms with Crippen molar-refractivity contribution in [3.05, 3.63) is 0 Å². The van der Waals surface area contributed by atoms with Crippen molar-refractivity contribution in [2.24, 2.45) is 4.99 Å². The van der Waals surface area contributed by atoms with E-state index in [1.807, 2.05) is 0 Å². The van der Waals surface area contributed by atoms with E-state index in [1.165, 1.54) is 33.0 Å². The average Bonchev–Trinajstić information content (AvgIpc) is 2.52. The molecule has 0 aliphatic carbocycles. The number of aliphatic imine (C=N–C) groups is 1. The summed E-state index contributed by atoms with van der Waals surface area (Å²) in [6.45, 7) is 5.82. The van der Waals surface area contributed by atoms with Gasteiger partial charge in [0.2, 0.25) is 6.35 Å². The van der Waals surface area contributed by atoms with Crippen molar-refractivity contribution in [1.82, 2.24) is 10.6 Å². The molecule has 1 rings (SSSR count). The molecule has 166 valence electrons. The van der Waals surface area contributed by atoms with Crippen molar-refractivity contribution in [2.45, 2.75) is 70.1 Å². The largest absolute Gasteiger partial charge is 0.434 e. The SMILES string of the molecule is CCOP(=O)(OCC)[C@](C)(CC)CC1=N[C@H](O)NC(C(F)(F)F)(C(F)(F)F)N1. The number of hydrogen-bond acceptors (Lipinski definition) is 7. The molecule has 0 spiro atoms. The van der Waals surface area contributed by atoms with E-state index in [-0.39, 0.29) is 19.6 Å². The number of halogens is 6. The molecule has 0 aromatic rings. The van der Waals surface area contributed by atoms with Gasteiger partial charge in [0.05, 0.1) is 18.4 Å². The smallest absolute Gasteiger partial charge is 0.359 e. The molecule has 0 aromatic carbocycles. The quantitative estimate of drug-likeness (QED) is 0.393. The first-order valence-electron chi connectivity index (χ1n) is 8.44. The Labute approximate surface area is 158 Å². The molecular weight excluding hydrogens is 419 g/mol. The number of nitrogens with zero attached hydrogens (tertiary/aromatic N) is 1. The Hall–Kier alpha value is -0.880. The Bertz CT molecular complexity index is 603. The van der Waals surface area contributed by atoms with Crippen LogP contribution >= 0.6 is 7.60 Å². The van der Waals surface area contributed by atoms with Crippen molar-refractivity contribution >= 4 is 13.4 Å². The molecule has 1 heterocycles. The maximum atomic E-state index is 13.3. The molecular formula is C14H24F6N3O4P. The van der Waals surface area contributed by atoms with Gasteiger partial charge in [-0.2, -0.15) is 26.3 Å². The standard InChI is InChI=1S/C14H24F6N3O4P/c1-5-11(4,28(25,26-6-2)27-7-3)8-9-21-10(24)23-12(22-9,13(15,16)17)14(18,19)20/h10,23-24H,5-8H2,1-4H3,(H,21,22)/t10-,11+/m0/s1. The van der Waals surface area contributed by atoms with E-state index in [2.05, 4.69) is 4.99 Å². The highest BCUT2D eigenvalue weighted by Gasteiger charge is 2.73. The van der Waals surface area contributed by atoms with Crippen molar-refractivity contribution in [2.75, 3.05) is 13.2 Å². The van der Waals surface area contributed by atoms with Crippen LogP contribution in [0.3, 0.4) is 0 Å². The zero-order chi connectivity index (χ0) is 22.0. The van der Waals surface area contributed by atoms with Gasteiger partial charge in [0.25, 0.3) is 5.66 Å². The van der Waals surface area contributed by atoms with Crippen LogP contribution < -0.4 is 10.6 Å². The fraction of sp³-hybridized carbons (Fsp3) is 0.929. The van der Waals surface area contributed by atoms with Gasteiger partial charge in [-0.15, -0.1) is 0 Å². The second-order valence-corrected chi connectivity index (χ2v) is 8.92. The number of alkyl halides is 6. The molecule has 0 amide bonds. The molecule has 0 bridgehead atoms. The summed E-state index contributed by atoms with van der Waals surface area (Å²) in [4.78, 5) is 3.39. The van der Waals surface area contributed by atoms with Crippen LogP contribution in [0.2, 0.25) is 0 Å². The Morgan fingerprint density at radius 2 is 1.57 bits per heavy atom. The first kappa shape index (κ1) is 25.2. The summed E-state index contributed by atoms with van der Waals surface area (Å²) in [6, 6.07) is 0. The van der Waals surface area contributed by atoms with Gasteiger partial charge in [-0.05, 0) is 27.2 Å². The number of nitrogens with one attached hydrogen (secondary N) is 2. The molecule has 7 nitrogen and oxygen atoms in total. The Balaban J connectivity index is 3.37. The van der Waals surface area contributed by atoms with Gasteiger partial charge in [-0.1, -0.05) is 6.92 Å². The fourth-order valence-electron chi connectivity index (χ4n) is 2.68. The Morgan fingerprint density at radius 1 is 1.11 bits per heavy atom. The normalized spacial score (nSPS) is 23.0. The van der Waals surface area contributed by atoms with E-state index in [0.717, 1.165) is 5.32 Å². The predicted molar refractivity (Wildman–Crippen MR) is 88.7 cm³/mol. The third-order valence-electron chi connectivity index (χ3n) is 4.38. The van der Waals surface area contributed by atoms with Gasteiger partial charge < -0.3 is 19.5 Å². The lowest BCUT2D eigenvalue weighted by atomic mass is 10.0. The summed E-state index contributed by atoms with van der Waals surface area (Å²) < 4.78 is 103. The molecule has 0 radical (unpaired) electrons. The minimum atomic E-state index is -5.86. The Morgan fingerprint density at radius 3 is 1.93 bits per heavy atom. The van der Waals surface area contributed by atoms with Crippen LogP contribution in [0.15, 0.2) is 4.99 Å². The molecule has 0 saturated carbocycles. The molecule has 0 unspecified atom stereocenters. The molecule has 3 N–H and O–H groups in total. The van der Waals surface area contributed by atoms with Crippen molar-refractivity contribution in [3.8, 4) is 0 Å². The number of amidine groups is 1. The van der Waals surface area contributed by atoms with E-state index in [9.17, 15) is 36.0 Å². The highest BCUT2D eigenvalue weighted by atomic mass is 31.2. The summed E-state index contributed by atoms with van der Waals surface area (Å²) in [5, 5.41) is 10.4. The molecule has 0 fully saturated rings. The lowest BCUT2D eigenvalue weighted by Gasteiger charge is -2.44. The van der Waals surface area contributed by atoms with Gasteiger partial charge in [0, 0.05) is 6.42 Å². The van der Waals surface area contributed by atoms with E-state index >= 15 is 0 Å².